The SMILES string of the molecule is C[C@H]1CC[C@@H](CO)O[C@@H]1c1cccc2ccccc12. The molecule has 1 aliphatic rings. The van der Waals surface area contributed by atoms with Gasteiger partial charge in [0, 0.05) is 0 Å². The number of ether oxygens (including phenoxy) is 1. The van der Waals surface area contributed by atoms with E-state index in [1.165, 1.54) is 16.3 Å². The zero-order valence-corrected chi connectivity index (χ0v) is 11.3. The number of aliphatic hydroxyl groups excluding tert-OH is 1. The van der Waals surface area contributed by atoms with Crippen LogP contribution in [0.4, 0.5) is 0 Å². The highest BCUT2D eigenvalue weighted by molar-refractivity contribution is 5.86. The molecule has 3 atom stereocenters. The van der Waals surface area contributed by atoms with Gasteiger partial charge in [0.2, 0.25) is 0 Å². The van der Waals surface area contributed by atoms with Gasteiger partial charge >= 0.3 is 0 Å². The molecule has 1 fully saturated rings. The molecule has 19 heavy (non-hydrogen) atoms. The van der Waals surface area contributed by atoms with Crippen LogP contribution in [0.5, 0.6) is 0 Å². The summed E-state index contributed by atoms with van der Waals surface area (Å²) >= 11 is 0. The van der Waals surface area contributed by atoms with E-state index in [0.717, 1.165) is 12.8 Å². The summed E-state index contributed by atoms with van der Waals surface area (Å²) in [6.45, 7) is 2.36. The van der Waals surface area contributed by atoms with Gasteiger partial charge in [-0.2, -0.15) is 0 Å². The number of rotatable bonds is 2. The van der Waals surface area contributed by atoms with Crippen LogP contribution in [-0.4, -0.2) is 17.8 Å². The molecule has 0 radical (unpaired) electrons. The van der Waals surface area contributed by atoms with Gasteiger partial charge in [-0.1, -0.05) is 49.4 Å². The molecule has 0 bridgehead atoms. The Labute approximate surface area is 114 Å². The third-order valence-electron chi connectivity index (χ3n) is 4.13. The highest BCUT2D eigenvalue weighted by atomic mass is 16.5. The Morgan fingerprint density at radius 3 is 2.74 bits per heavy atom. The highest BCUT2D eigenvalue weighted by Gasteiger charge is 2.30. The lowest BCUT2D eigenvalue weighted by molar-refractivity contribution is -0.0986. The van der Waals surface area contributed by atoms with Crippen molar-refractivity contribution in [2.45, 2.75) is 32.0 Å². The quantitative estimate of drug-likeness (QED) is 0.888. The molecule has 1 N–H and O–H groups in total. The largest absolute Gasteiger partial charge is 0.394 e. The average Bonchev–Trinajstić information content (AvgIpc) is 2.47. The Balaban J connectivity index is 2.02. The van der Waals surface area contributed by atoms with Crippen molar-refractivity contribution in [1.29, 1.82) is 0 Å². The van der Waals surface area contributed by atoms with Crippen molar-refractivity contribution >= 4 is 10.8 Å². The first-order chi connectivity index (χ1) is 9.29. The van der Waals surface area contributed by atoms with Crippen LogP contribution in [-0.2, 0) is 4.74 Å². The molecule has 0 aliphatic carbocycles. The van der Waals surface area contributed by atoms with Crippen molar-refractivity contribution in [2.24, 2.45) is 5.92 Å². The lowest BCUT2D eigenvalue weighted by atomic mass is 9.87. The summed E-state index contributed by atoms with van der Waals surface area (Å²) in [5.74, 6) is 0.494. The lowest BCUT2D eigenvalue weighted by Crippen LogP contribution is -2.30. The monoisotopic (exact) mass is 256 g/mol. The molecule has 0 aromatic heterocycles. The minimum Gasteiger partial charge on any atom is -0.394 e. The van der Waals surface area contributed by atoms with Crippen LogP contribution in [0, 0.1) is 5.92 Å². The average molecular weight is 256 g/mol. The van der Waals surface area contributed by atoms with Crippen molar-refractivity contribution in [3.63, 3.8) is 0 Å². The van der Waals surface area contributed by atoms with E-state index in [-0.39, 0.29) is 18.8 Å². The Bertz CT molecular complexity index is 559. The van der Waals surface area contributed by atoms with Gasteiger partial charge in [-0.15, -0.1) is 0 Å². The molecule has 3 rings (SSSR count). The summed E-state index contributed by atoms with van der Waals surface area (Å²) < 4.78 is 6.09. The first-order valence-electron chi connectivity index (χ1n) is 7.03. The van der Waals surface area contributed by atoms with Crippen molar-refractivity contribution in [1.82, 2.24) is 0 Å². The fourth-order valence-electron chi connectivity index (χ4n) is 3.02. The zero-order chi connectivity index (χ0) is 13.2. The van der Waals surface area contributed by atoms with E-state index in [4.69, 9.17) is 4.74 Å². The molecule has 2 nitrogen and oxygen atoms in total. The summed E-state index contributed by atoms with van der Waals surface area (Å²) in [5.41, 5.74) is 1.25. The third-order valence-corrected chi connectivity index (χ3v) is 4.13. The predicted octanol–water partition coefficient (Wildman–Crippen LogP) is 3.69. The Morgan fingerprint density at radius 1 is 1.11 bits per heavy atom. The number of hydrogen-bond acceptors (Lipinski definition) is 2. The summed E-state index contributed by atoms with van der Waals surface area (Å²) in [4.78, 5) is 0. The van der Waals surface area contributed by atoms with Crippen LogP contribution >= 0.6 is 0 Å². The molecule has 2 aromatic rings. The second-order valence-corrected chi connectivity index (χ2v) is 5.48. The van der Waals surface area contributed by atoms with E-state index >= 15 is 0 Å². The normalized spacial score (nSPS) is 27.6. The Morgan fingerprint density at radius 2 is 1.89 bits per heavy atom. The maximum atomic E-state index is 9.33. The maximum absolute atomic E-state index is 9.33. The minimum atomic E-state index is -0.0137. The molecule has 0 unspecified atom stereocenters. The van der Waals surface area contributed by atoms with Gasteiger partial charge in [-0.3, -0.25) is 0 Å². The first-order valence-corrected chi connectivity index (χ1v) is 7.03. The lowest BCUT2D eigenvalue weighted by Gasteiger charge is -2.35. The number of benzene rings is 2. The van der Waals surface area contributed by atoms with Crippen LogP contribution in [0.1, 0.15) is 31.4 Å². The van der Waals surface area contributed by atoms with Crippen molar-refractivity contribution in [3.05, 3.63) is 48.0 Å². The first kappa shape index (κ1) is 12.6. The molecule has 0 saturated carbocycles. The molecule has 2 aromatic carbocycles. The van der Waals surface area contributed by atoms with Gasteiger partial charge in [-0.05, 0) is 35.1 Å². The van der Waals surface area contributed by atoms with E-state index in [9.17, 15) is 5.11 Å². The highest BCUT2D eigenvalue weighted by Crippen LogP contribution is 2.38. The second-order valence-electron chi connectivity index (χ2n) is 5.48. The summed E-state index contributed by atoms with van der Waals surface area (Å²) in [7, 11) is 0. The van der Waals surface area contributed by atoms with Gasteiger partial charge in [0.1, 0.15) is 0 Å². The van der Waals surface area contributed by atoms with Crippen LogP contribution in [0.3, 0.4) is 0 Å². The van der Waals surface area contributed by atoms with Crippen LogP contribution in [0.25, 0.3) is 10.8 Å². The van der Waals surface area contributed by atoms with E-state index in [1.807, 2.05) is 0 Å². The molecular formula is C17H20O2. The van der Waals surface area contributed by atoms with E-state index in [2.05, 4.69) is 49.4 Å². The molecule has 1 aliphatic heterocycles. The fraction of sp³-hybridized carbons (Fsp3) is 0.412. The zero-order valence-electron chi connectivity index (χ0n) is 11.3. The van der Waals surface area contributed by atoms with Gasteiger partial charge < -0.3 is 9.84 Å². The summed E-state index contributed by atoms with van der Waals surface area (Å²) in [6.07, 6.45) is 2.15. The van der Waals surface area contributed by atoms with E-state index in [1.54, 1.807) is 0 Å². The smallest absolute Gasteiger partial charge is 0.0861 e. The molecule has 1 saturated heterocycles. The number of hydrogen-bond donors (Lipinski definition) is 1. The Hall–Kier alpha value is -1.38. The minimum absolute atomic E-state index is 0.0137. The molecule has 0 amide bonds. The fourth-order valence-corrected chi connectivity index (χ4v) is 3.02. The Kier molecular flexibility index (Phi) is 3.54. The topological polar surface area (TPSA) is 29.5 Å². The van der Waals surface area contributed by atoms with Gasteiger partial charge in [0.05, 0.1) is 18.8 Å². The van der Waals surface area contributed by atoms with Crippen LogP contribution in [0.15, 0.2) is 42.5 Å². The summed E-state index contributed by atoms with van der Waals surface area (Å²) in [6, 6.07) is 14.8. The predicted molar refractivity (Wildman–Crippen MR) is 77.0 cm³/mol. The molecular weight excluding hydrogens is 236 g/mol. The van der Waals surface area contributed by atoms with E-state index < -0.39 is 0 Å². The van der Waals surface area contributed by atoms with Crippen molar-refractivity contribution in [2.75, 3.05) is 6.61 Å². The van der Waals surface area contributed by atoms with Crippen molar-refractivity contribution < 1.29 is 9.84 Å². The molecule has 100 valence electrons. The van der Waals surface area contributed by atoms with Gasteiger partial charge in [0.25, 0.3) is 0 Å². The second kappa shape index (κ2) is 5.32. The number of aliphatic hydroxyl groups is 1. The van der Waals surface area contributed by atoms with Crippen LogP contribution < -0.4 is 0 Å². The number of fused-ring (bicyclic) bond motifs is 1. The van der Waals surface area contributed by atoms with E-state index in [0.29, 0.717) is 5.92 Å². The summed E-state index contributed by atoms with van der Waals surface area (Å²) in [5, 5.41) is 11.8. The standard InChI is InChI=1S/C17H20O2/c1-12-9-10-14(11-18)19-17(12)16-8-4-6-13-5-2-3-7-15(13)16/h2-8,12,14,17-18H,9-11H2,1H3/t12-,14-,17-/m0/s1. The van der Waals surface area contributed by atoms with Gasteiger partial charge in [0.15, 0.2) is 0 Å². The molecule has 1 heterocycles. The third kappa shape index (κ3) is 2.38. The molecule has 0 spiro atoms. The van der Waals surface area contributed by atoms with Gasteiger partial charge in [-0.25, -0.2) is 0 Å². The maximum Gasteiger partial charge on any atom is 0.0861 e. The van der Waals surface area contributed by atoms with Crippen LogP contribution in [0.2, 0.25) is 0 Å². The molecule has 2 heteroatoms. The van der Waals surface area contributed by atoms with Crippen molar-refractivity contribution in [3.8, 4) is 0 Å².